The third-order valence-corrected chi connectivity index (χ3v) is 4.97. The van der Waals surface area contributed by atoms with Crippen molar-refractivity contribution in [2.45, 2.75) is 32.2 Å². The van der Waals surface area contributed by atoms with Crippen LogP contribution in [0.2, 0.25) is 10.0 Å². The summed E-state index contributed by atoms with van der Waals surface area (Å²) in [6, 6.07) is 4.18. The van der Waals surface area contributed by atoms with Crippen molar-refractivity contribution < 1.29 is 19.1 Å². The Morgan fingerprint density at radius 1 is 1.37 bits per heavy atom. The van der Waals surface area contributed by atoms with Crippen molar-refractivity contribution in [1.29, 1.82) is 0 Å². The maximum atomic E-state index is 12.6. The smallest absolute Gasteiger partial charge is 0.308 e. The highest BCUT2D eigenvalue weighted by atomic mass is 35.5. The van der Waals surface area contributed by atoms with Gasteiger partial charge in [-0.25, -0.2) is 0 Å². The van der Waals surface area contributed by atoms with E-state index < -0.39 is 12.0 Å². The van der Waals surface area contributed by atoms with E-state index >= 15 is 0 Å². The average Bonchev–Trinajstić information content (AvgIpc) is 2.64. The van der Waals surface area contributed by atoms with Gasteiger partial charge in [0.2, 0.25) is 11.8 Å². The minimum atomic E-state index is -0.878. The van der Waals surface area contributed by atoms with E-state index in [1.54, 1.807) is 18.2 Å². The van der Waals surface area contributed by atoms with E-state index in [1.807, 2.05) is 6.92 Å². The predicted molar refractivity (Wildman–Crippen MR) is 104 cm³/mol. The minimum Gasteiger partial charge on any atom is -0.466 e. The zero-order valence-corrected chi connectivity index (χ0v) is 16.6. The summed E-state index contributed by atoms with van der Waals surface area (Å²) in [7, 11) is 0. The summed E-state index contributed by atoms with van der Waals surface area (Å²) in [5.41, 5.74) is 0.523. The number of piperazine rings is 1. The molecule has 2 rings (SSSR count). The highest BCUT2D eigenvalue weighted by Crippen LogP contribution is 2.29. The summed E-state index contributed by atoms with van der Waals surface area (Å²) in [5.74, 6) is -1.16. The number of nitrogens with zero attached hydrogens (tertiary/aromatic N) is 1. The van der Waals surface area contributed by atoms with Crippen LogP contribution in [-0.4, -0.2) is 55.0 Å². The molecule has 0 aliphatic carbocycles. The van der Waals surface area contributed by atoms with E-state index in [1.165, 1.54) is 4.90 Å². The highest BCUT2D eigenvalue weighted by Gasteiger charge is 2.35. The van der Waals surface area contributed by atoms with Crippen LogP contribution in [0.15, 0.2) is 18.2 Å². The molecule has 2 amide bonds. The molecule has 1 aromatic rings. The summed E-state index contributed by atoms with van der Waals surface area (Å²) < 4.78 is 5.12. The first-order chi connectivity index (χ1) is 12.9. The van der Waals surface area contributed by atoms with Gasteiger partial charge in [-0.3, -0.25) is 14.4 Å². The number of carbonyl (C=O) groups excluding carboxylic acids is 3. The number of halogens is 2. The zero-order valence-electron chi connectivity index (χ0n) is 15.1. The number of unbranched alkanes of at least 4 members (excludes halogenated alkanes) is 1. The lowest BCUT2D eigenvalue weighted by Gasteiger charge is -2.34. The number of benzene rings is 1. The molecule has 0 bridgehead atoms. The maximum absolute atomic E-state index is 12.6. The second-order valence-corrected chi connectivity index (χ2v) is 6.91. The zero-order chi connectivity index (χ0) is 19.8. The van der Waals surface area contributed by atoms with Crippen LogP contribution in [0.5, 0.6) is 0 Å². The Bertz CT molecular complexity index is 699. The van der Waals surface area contributed by atoms with Crippen molar-refractivity contribution in [3.63, 3.8) is 0 Å². The number of anilines is 1. The normalized spacial score (nSPS) is 16.6. The SMILES string of the molecule is CCCCOC(=O)CC1C(=O)NCCN1C(=O)CNc1cccc(Cl)c1Cl. The third kappa shape index (κ3) is 6.01. The van der Waals surface area contributed by atoms with E-state index in [0.29, 0.717) is 35.4 Å². The maximum Gasteiger partial charge on any atom is 0.308 e. The molecule has 9 heteroatoms. The molecule has 1 aliphatic rings. The van der Waals surface area contributed by atoms with Gasteiger partial charge in [0.1, 0.15) is 6.04 Å². The predicted octanol–water partition coefficient (Wildman–Crippen LogP) is 2.47. The molecule has 7 nitrogen and oxygen atoms in total. The number of nitrogens with one attached hydrogen (secondary N) is 2. The molecular weight excluding hydrogens is 393 g/mol. The highest BCUT2D eigenvalue weighted by molar-refractivity contribution is 6.43. The van der Waals surface area contributed by atoms with Crippen molar-refractivity contribution in [3.8, 4) is 0 Å². The van der Waals surface area contributed by atoms with E-state index in [0.717, 1.165) is 12.8 Å². The molecule has 1 atom stereocenters. The van der Waals surface area contributed by atoms with E-state index in [-0.39, 0.29) is 24.8 Å². The molecule has 1 unspecified atom stereocenters. The number of carbonyl (C=O) groups is 3. The summed E-state index contributed by atoms with van der Waals surface area (Å²) >= 11 is 12.1. The van der Waals surface area contributed by atoms with Gasteiger partial charge in [0.15, 0.2) is 0 Å². The molecule has 0 radical (unpaired) electrons. The number of rotatable bonds is 8. The molecule has 0 saturated carbocycles. The van der Waals surface area contributed by atoms with Crippen molar-refractivity contribution in [1.82, 2.24) is 10.2 Å². The van der Waals surface area contributed by atoms with Crippen LogP contribution in [0, 0.1) is 0 Å². The molecule has 1 saturated heterocycles. The van der Waals surface area contributed by atoms with E-state index in [9.17, 15) is 14.4 Å². The average molecular weight is 416 g/mol. The van der Waals surface area contributed by atoms with Gasteiger partial charge in [0.05, 0.1) is 35.3 Å². The van der Waals surface area contributed by atoms with Crippen molar-refractivity contribution in [2.24, 2.45) is 0 Å². The first-order valence-corrected chi connectivity index (χ1v) is 9.60. The van der Waals surface area contributed by atoms with Crippen LogP contribution in [0.3, 0.4) is 0 Å². The summed E-state index contributed by atoms with van der Waals surface area (Å²) in [5, 5.41) is 6.30. The van der Waals surface area contributed by atoms with Crippen LogP contribution in [0.1, 0.15) is 26.2 Å². The summed E-state index contributed by atoms with van der Waals surface area (Å²) in [6.07, 6.45) is 1.49. The van der Waals surface area contributed by atoms with Crippen LogP contribution >= 0.6 is 23.2 Å². The molecular formula is C18H23Cl2N3O4. The number of ether oxygens (including phenoxy) is 1. The van der Waals surface area contributed by atoms with E-state index in [4.69, 9.17) is 27.9 Å². The lowest BCUT2D eigenvalue weighted by atomic mass is 10.1. The molecule has 1 aromatic carbocycles. The largest absolute Gasteiger partial charge is 0.466 e. The van der Waals surface area contributed by atoms with Gasteiger partial charge in [-0.15, -0.1) is 0 Å². The van der Waals surface area contributed by atoms with Gasteiger partial charge in [0, 0.05) is 13.1 Å². The van der Waals surface area contributed by atoms with Gasteiger partial charge in [0.25, 0.3) is 0 Å². The monoisotopic (exact) mass is 415 g/mol. The molecule has 1 heterocycles. The Morgan fingerprint density at radius 2 is 2.15 bits per heavy atom. The fraction of sp³-hybridized carbons (Fsp3) is 0.500. The standard InChI is InChI=1S/C18H23Cl2N3O4/c1-2-3-9-27-16(25)10-14-18(26)21-7-8-23(14)15(24)11-22-13-6-4-5-12(19)17(13)20/h4-6,14,22H,2-3,7-11H2,1H3,(H,21,26). The molecule has 27 heavy (non-hydrogen) atoms. The van der Waals surface area contributed by atoms with Crippen molar-refractivity contribution in [3.05, 3.63) is 28.2 Å². The first-order valence-electron chi connectivity index (χ1n) is 8.84. The number of hydrogen-bond donors (Lipinski definition) is 2. The van der Waals surface area contributed by atoms with Crippen LogP contribution in [0.4, 0.5) is 5.69 Å². The van der Waals surface area contributed by atoms with Crippen LogP contribution in [0.25, 0.3) is 0 Å². The van der Waals surface area contributed by atoms with Crippen molar-refractivity contribution in [2.75, 3.05) is 31.6 Å². The van der Waals surface area contributed by atoms with Gasteiger partial charge >= 0.3 is 5.97 Å². The minimum absolute atomic E-state index is 0.0747. The summed E-state index contributed by atoms with van der Waals surface area (Å²) in [6.45, 7) is 2.88. The quantitative estimate of drug-likeness (QED) is 0.502. The van der Waals surface area contributed by atoms with Gasteiger partial charge in [-0.05, 0) is 18.6 Å². The lowest BCUT2D eigenvalue weighted by Crippen LogP contribution is -2.58. The fourth-order valence-electron chi connectivity index (χ4n) is 2.68. The Hall–Kier alpha value is -1.99. The Morgan fingerprint density at radius 3 is 2.89 bits per heavy atom. The van der Waals surface area contributed by atoms with Crippen LogP contribution < -0.4 is 10.6 Å². The van der Waals surface area contributed by atoms with Gasteiger partial charge < -0.3 is 20.3 Å². The molecule has 148 valence electrons. The van der Waals surface area contributed by atoms with Gasteiger partial charge in [-0.2, -0.15) is 0 Å². The second kappa shape index (κ2) is 10.4. The third-order valence-electron chi connectivity index (χ3n) is 4.15. The number of amides is 2. The first kappa shape index (κ1) is 21.3. The molecule has 1 fully saturated rings. The lowest BCUT2D eigenvalue weighted by molar-refractivity contribution is -0.151. The van der Waals surface area contributed by atoms with Gasteiger partial charge in [-0.1, -0.05) is 42.6 Å². The Labute approximate surface area is 168 Å². The molecule has 0 aromatic heterocycles. The Balaban J connectivity index is 1.97. The Kier molecular flexibility index (Phi) is 8.19. The topological polar surface area (TPSA) is 87.7 Å². The van der Waals surface area contributed by atoms with Crippen molar-refractivity contribution >= 4 is 46.7 Å². The molecule has 0 spiro atoms. The summed E-state index contributed by atoms with van der Waals surface area (Å²) in [4.78, 5) is 38.2. The molecule has 1 aliphatic heterocycles. The van der Waals surface area contributed by atoms with Crippen LogP contribution in [-0.2, 0) is 19.1 Å². The number of esters is 1. The second-order valence-electron chi connectivity index (χ2n) is 6.13. The number of hydrogen-bond acceptors (Lipinski definition) is 5. The fourth-order valence-corrected chi connectivity index (χ4v) is 3.04. The molecule has 2 N–H and O–H groups in total. The van der Waals surface area contributed by atoms with E-state index in [2.05, 4.69) is 10.6 Å².